The monoisotopic (exact) mass is 426 g/mol. The topological polar surface area (TPSA) is 208 Å². The molecular formula is C12H27O14P. The minimum atomic E-state index is -4.64. The summed E-state index contributed by atoms with van der Waals surface area (Å²) < 4.78 is 37.2. The highest BCUT2D eigenvalue weighted by atomic mass is 31.2. The predicted octanol–water partition coefficient (Wildman–Crippen LogP) is -0.820. The number of carboxylic acids is 2. The average molecular weight is 426 g/mol. The van der Waals surface area contributed by atoms with Crippen LogP contribution < -0.4 is 0 Å². The van der Waals surface area contributed by atoms with E-state index in [1.54, 1.807) is 0 Å². The minimum absolute atomic E-state index is 0.351. The molecule has 0 spiro atoms. The molecule has 0 aliphatic rings. The van der Waals surface area contributed by atoms with Gasteiger partial charge in [0.05, 0.1) is 0 Å². The Kier molecular flexibility index (Phi) is 16.8. The first-order valence-corrected chi connectivity index (χ1v) is 8.29. The molecule has 0 radical (unpaired) electrons. The maximum Gasteiger partial charge on any atom is 0.466 e. The Morgan fingerprint density at radius 2 is 0.815 bits per heavy atom. The maximum absolute atomic E-state index is 10.3. The smallest absolute Gasteiger partial charge is 0.466 e. The lowest BCUT2D eigenvalue weighted by Gasteiger charge is -2.26. The normalized spacial score (nSPS) is 11.6. The van der Waals surface area contributed by atoms with Gasteiger partial charge in [-0.25, -0.2) is 4.57 Å². The fourth-order valence-electron chi connectivity index (χ4n) is 1.30. The number of aliphatic carboxylic acids is 2. The van der Waals surface area contributed by atoms with Gasteiger partial charge in [0.25, 0.3) is 11.9 Å². The summed E-state index contributed by atoms with van der Waals surface area (Å²) in [5, 5.41) is 16.8. The predicted molar refractivity (Wildman–Crippen MR) is 86.3 cm³/mol. The molecule has 0 heterocycles. The third kappa shape index (κ3) is 18.0. The minimum Gasteiger partial charge on any atom is -0.481 e. The SMILES string of the molecule is COC(CC(=O)O)(OC)OC.COC(CC(=O)O)(OC)OC.O=P(O)(O)O. The van der Waals surface area contributed by atoms with E-state index in [1.807, 2.05) is 0 Å². The fraction of sp³-hybridized carbons (Fsp3) is 0.833. The fourth-order valence-corrected chi connectivity index (χ4v) is 1.30. The molecule has 0 fully saturated rings. The van der Waals surface area contributed by atoms with E-state index < -0.39 is 31.7 Å². The Balaban J connectivity index is -0.000000344. The molecular weight excluding hydrogens is 399 g/mol. The van der Waals surface area contributed by atoms with Crippen molar-refractivity contribution in [3.63, 3.8) is 0 Å². The van der Waals surface area contributed by atoms with E-state index in [1.165, 1.54) is 42.7 Å². The quantitative estimate of drug-likeness (QED) is 0.214. The van der Waals surface area contributed by atoms with Crippen molar-refractivity contribution in [2.24, 2.45) is 0 Å². The number of hydrogen-bond donors (Lipinski definition) is 5. The molecule has 0 saturated heterocycles. The highest BCUT2D eigenvalue weighted by Crippen LogP contribution is 2.25. The molecule has 0 amide bonds. The largest absolute Gasteiger partial charge is 0.481 e. The van der Waals surface area contributed by atoms with Crippen molar-refractivity contribution in [1.82, 2.24) is 0 Å². The Hall–Kier alpha value is -1.19. The lowest BCUT2D eigenvalue weighted by molar-refractivity contribution is -0.352. The van der Waals surface area contributed by atoms with Gasteiger partial charge in [0, 0.05) is 42.7 Å². The number of hydrogen-bond acceptors (Lipinski definition) is 9. The lowest BCUT2D eigenvalue weighted by atomic mass is 10.4. The van der Waals surface area contributed by atoms with Gasteiger partial charge in [-0.15, -0.1) is 0 Å². The Morgan fingerprint density at radius 1 is 0.667 bits per heavy atom. The molecule has 0 unspecified atom stereocenters. The van der Waals surface area contributed by atoms with Gasteiger partial charge in [0.15, 0.2) is 0 Å². The van der Waals surface area contributed by atoms with Gasteiger partial charge >= 0.3 is 19.8 Å². The van der Waals surface area contributed by atoms with Crippen LogP contribution in [0.1, 0.15) is 12.8 Å². The Labute approximate surface area is 155 Å². The molecule has 0 aromatic rings. The summed E-state index contributed by atoms with van der Waals surface area (Å²) in [6, 6.07) is 0. The summed E-state index contributed by atoms with van der Waals surface area (Å²) in [6.07, 6.45) is -0.701. The van der Waals surface area contributed by atoms with Gasteiger partial charge in [-0.2, -0.15) is 0 Å². The first-order chi connectivity index (χ1) is 12.2. The number of phosphoric acid groups is 1. The number of rotatable bonds is 10. The van der Waals surface area contributed by atoms with E-state index in [0.717, 1.165) is 0 Å². The molecule has 0 aromatic heterocycles. The van der Waals surface area contributed by atoms with Gasteiger partial charge in [0.2, 0.25) is 0 Å². The lowest BCUT2D eigenvalue weighted by Crippen LogP contribution is -2.38. The summed E-state index contributed by atoms with van der Waals surface area (Å²) in [6.45, 7) is 0. The van der Waals surface area contributed by atoms with E-state index in [4.69, 9.17) is 57.9 Å². The highest BCUT2D eigenvalue weighted by Gasteiger charge is 2.33. The second-order valence-corrected chi connectivity index (χ2v) is 5.27. The Morgan fingerprint density at radius 3 is 0.852 bits per heavy atom. The molecule has 15 heteroatoms. The molecule has 0 atom stereocenters. The van der Waals surface area contributed by atoms with Gasteiger partial charge in [-0.1, -0.05) is 0 Å². The number of ether oxygens (including phenoxy) is 6. The second kappa shape index (κ2) is 14.8. The van der Waals surface area contributed by atoms with Crippen LogP contribution in [0.5, 0.6) is 0 Å². The summed E-state index contributed by atoms with van der Waals surface area (Å²) in [4.78, 5) is 42.1. The molecule has 0 saturated carbocycles. The molecule has 5 N–H and O–H groups in total. The number of carbonyl (C=O) groups is 2. The van der Waals surface area contributed by atoms with Crippen molar-refractivity contribution in [1.29, 1.82) is 0 Å². The van der Waals surface area contributed by atoms with E-state index in [2.05, 4.69) is 0 Å². The third-order valence-electron chi connectivity index (χ3n) is 2.60. The molecule has 0 aromatic carbocycles. The summed E-state index contributed by atoms with van der Waals surface area (Å²) in [5.41, 5.74) is 0. The van der Waals surface area contributed by atoms with Crippen LogP contribution in [0, 0.1) is 0 Å². The van der Waals surface area contributed by atoms with Crippen LogP contribution in [0.25, 0.3) is 0 Å². The molecule has 0 bridgehead atoms. The zero-order valence-electron chi connectivity index (χ0n) is 15.8. The van der Waals surface area contributed by atoms with Crippen molar-refractivity contribution in [3.8, 4) is 0 Å². The molecule has 27 heavy (non-hydrogen) atoms. The number of carboxylic acid groups (broad SMARTS) is 2. The molecule has 0 aliphatic carbocycles. The van der Waals surface area contributed by atoms with Crippen LogP contribution in [0.4, 0.5) is 0 Å². The van der Waals surface area contributed by atoms with Crippen molar-refractivity contribution in [2.75, 3.05) is 42.7 Å². The van der Waals surface area contributed by atoms with Gasteiger partial charge in [0.1, 0.15) is 12.8 Å². The average Bonchev–Trinajstić information content (AvgIpc) is 2.56. The first kappa shape index (κ1) is 30.5. The zero-order valence-corrected chi connectivity index (χ0v) is 16.7. The van der Waals surface area contributed by atoms with Crippen molar-refractivity contribution < 1.29 is 67.5 Å². The molecule has 0 aliphatic heterocycles. The zero-order chi connectivity index (χ0) is 22.3. The third-order valence-corrected chi connectivity index (χ3v) is 2.60. The number of methoxy groups -OCH3 is 6. The van der Waals surface area contributed by atoms with E-state index in [9.17, 15) is 9.59 Å². The highest BCUT2D eigenvalue weighted by molar-refractivity contribution is 7.45. The Bertz CT molecular complexity index is 396. The van der Waals surface area contributed by atoms with Gasteiger partial charge < -0.3 is 53.3 Å². The van der Waals surface area contributed by atoms with Gasteiger partial charge in [-0.05, 0) is 0 Å². The van der Waals surface area contributed by atoms with Gasteiger partial charge in [-0.3, -0.25) is 9.59 Å². The first-order valence-electron chi connectivity index (χ1n) is 6.73. The van der Waals surface area contributed by atoms with E-state index in [0.29, 0.717) is 0 Å². The second-order valence-electron chi connectivity index (χ2n) is 4.25. The maximum atomic E-state index is 10.3. The van der Waals surface area contributed by atoms with Crippen molar-refractivity contribution in [2.45, 2.75) is 24.8 Å². The van der Waals surface area contributed by atoms with E-state index >= 15 is 0 Å². The summed E-state index contributed by atoms with van der Waals surface area (Å²) in [5.74, 6) is -5.00. The van der Waals surface area contributed by atoms with Crippen LogP contribution in [0.3, 0.4) is 0 Å². The van der Waals surface area contributed by atoms with Crippen LogP contribution in [-0.2, 0) is 42.6 Å². The van der Waals surface area contributed by atoms with Crippen LogP contribution >= 0.6 is 7.82 Å². The van der Waals surface area contributed by atoms with Crippen molar-refractivity contribution in [3.05, 3.63) is 0 Å². The van der Waals surface area contributed by atoms with Crippen LogP contribution in [-0.4, -0.2) is 91.4 Å². The summed E-state index contributed by atoms with van der Waals surface area (Å²) in [7, 11) is 3.25. The standard InChI is InChI=1S/2C6H12O5.H3O4P/c2*1-9-6(10-2,11-3)4-5(7)8;1-5(2,3)4/h2*4H2,1-3H3,(H,7,8);(H3,1,2,3,4). The molecule has 0 rings (SSSR count). The van der Waals surface area contributed by atoms with Crippen LogP contribution in [0.2, 0.25) is 0 Å². The molecule has 14 nitrogen and oxygen atoms in total. The van der Waals surface area contributed by atoms with E-state index in [-0.39, 0.29) is 12.8 Å². The molecule has 164 valence electrons. The van der Waals surface area contributed by atoms with Crippen LogP contribution in [0.15, 0.2) is 0 Å². The summed E-state index contributed by atoms with van der Waals surface area (Å²) >= 11 is 0. The van der Waals surface area contributed by atoms with Crippen molar-refractivity contribution >= 4 is 19.8 Å².